The minimum absolute atomic E-state index is 0.726. The normalized spacial score (nSPS) is 11.5. The number of nitrogens with two attached hydrogens (primary N) is 1. The Morgan fingerprint density at radius 3 is 2.32 bits per heavy atom. The lowest BCUT2D eigenvalue weighted by molar-refractivity contribution is 0.258. The molecule has 3 heteroatoms. The molecule has 19 heavy (non-hydrogen) atoms. The first-order valence-corrected chi connectivity index (χ1v) is 7.31. The van der Waals surface area contributed by atoms with E-state index in [1.807, 2.05) is 0 Å². The molecule has 0 saturated carbocycles. The lowest BCUT2D eigenvalue weighted by atomic mass is 10.0. The standard InChI is InChI=1S/C16H29N3/c1-4-19(13-7-12-18(2)3)14-16-9-6-5-8-15(16)10-11-17/h5-6,8-9H,4,7,10-14,17H2,1-3H3. The molecule has 0 saturated heterocycles. The van der Waals surface area contributed by atoms with E-state index < -0.39 is 0 Å². The highest BCUT2D eigenvalue weighted by atomic mass is 15.1. The van der Waals surface area contributed by atoms with E-state index in [2.05, 4.69) is 55.1 Å². The molecule has 0 radical (unpaired) electrons. The predicted octanol–water partition coefficient (Wildman–Crippen LogP) is 1.96. The highest BCUT2D eigenvalue weighted by molar-refractivity contribution is 5.27. The Morgan fingerprint density at radius 1 is 1.05 bits per heavy atom. The molecule has 2 N–H and O–H groups in total. The van der Waals surface area contributed by atoms with Gasteiger partial charge in [-0.25, -0.2) is 0 Å². The Hall–Kier alpha value is -0.900. The van der Waals surface area contributed by atoms with Crippen LogP contribution >= 0.6 is 0 Å². The monoisotopic (exact) mass is 263 g/mol. The van der Waals surface area contributed by atoms with Crippen LogP contribution < -0.4 is 5.73 Å². The summed E-state index contributed by atoms with van der Waals surface area (Å²) in [7, 11) is 4.26. The van der Waals surface area contributed by atoms with Crippen molar-refractivity contribution < 1.29 is 0 Å². The van der Waals surface area contributed by atoms with Gasteiger partial charge < -0.3 is 10.6 Å². The summed E-state index contributed by atoms with van der Waals surface area (Å²) < 4.78 is 0. The van der Waals surface area contributed by atoms with Crippen molar-refractivity contribution in [2.45, 2.75) is 26.3 Å². The van der Waals surface area contributed by atoms with Gasteiger partial charge in [0.2, 0.25) is 0 Å². The fraction of sp³-hybridized carbons (Fsp3) is 0.625. The van der Waals surface area contributed by atoms with Gasteiger partial charge in [0.25, 0.3) is 0 Å². The molecule has 0 heterocycles. The first-order chi connectivity index (χ1) is 9.17. The smallest absolute Gasteiger partial charge is 0.0236 e. The van der Waals surface area contributed by atoms with Crippen molar-refractivity contribution in [3.8, 4) is 0 Å². The highest BCUT2D eigenvalue weighted by Crippen LogP contribution is 2.12. The van der Waals surface area contributed by atoms with E-state index in [-0.39, 0.29) is 0 Å². The van der Waals surface area contributed by atoms with Crippen LogP contribution in [0.3, 0.4) is 0 Å². The number of hydrogen-bond donors (Lipinski definition) is 1. The third-order valence-corrected chi connectivity index (χ3v) is 3.45. The van der Waals surface area contributed by atoms with Gasteiger partial charge in [0, 0.05) is 6.54 Å². The molecule has 0 aliphatic rings. The van der Waals surface area contributed by atoms with Crippen molar-refractivity contribution in [3.63, 3.8) is 0 Å². The van der Waals surface area contributed by atoms with Crippen LogP contribution in [-0.2, 0) is 13.0 Å². The van der Waals surface area contributed by atoms with Gasteiger partial charge in [0.1, 0.15) is 0 Å². The summed E-state index contributed by atoms with van der Waals surface area (Å²) in [5.74, 6) is 0. The van der Waals surface area contributed by atoms with Gasteiger partial charge in [-0.1, -0.05) is 31.2 Å². The largest absolute Gasteiger partial charge is 0.330 e. The molecule has 1 aromatic carbocycles. The molecule has 0 aromatic heterocycles. The van der Waals surface area contributed by atoms with Crippen molar-refractivity contribution in [1.29, 1.82) is 0 Å². The molecule has 0 spiro atoms. The minimum Gasteiger partial charge on any atom is -0.330 e. The van der Waals surface area contributed by atoms with E-state index >= 15 is 0 Å². The average Bonchev–Trinajstić information content (AvgIpc) is 2.39. The van der Waals surface area contributed by atoms with Crippen molar-refractivity contribution in [3.05, 3.63) is 35.4 Å². The van der Waals surface area contributed by atoms with Crippen molar-refractivity contribution in [1.82, 2.24) is 9.80 Å². The second kappa shape index (κ2) is 9.08. The maximum absolute atomic E-state index is 5.69. The molecule has 0 aliphatic heterocycles. The van der Waals surface area contributed by atoms with Crippen molar-refractivity contribution in [2.24, 2.45) is 5.73 Å². The van der Waals surface area contributed by atoms with Crippen molar-refractivity contribution in [2.75, 3.05) is 40.3 Å². The molecule has 108 valence electrons. The summed E-state index contributed by atoms with van der Waals surface area (Å²) in [5.41, 5.74) is 8.52. The molecule has 0 amide bonds. The van der Waals surface area contributed by atoms with Gasteiger partial charge in [-0.3, -0.25) is 4.90 Å². The lowest BCUT2D eigenvalue weighted by Gasteiger charge is -2.23. The topological polar surface area (TPSA) is 32.5 Å². The molecule has 0 unspecified atom stereocenters. The Kier molecular flexibility index (Phi) is 7.72. The van der Waals surface area contributed by atoms with Crippen LogP contribution in [0.5, 0.6) is 0 Å². The van der Waals surface area contributed by atoms with Crippen molar-refractivity contribution >= 4 is 0 Å². The van der Waals surface area contributed by atoms with Crippen LogP contribution in [0.15, 0.2) is 24.3 Å². The minimum atomic E-state index is 0.726. The van der Waals surface area contributed by atoms with Gasteiger partial charge in [-0.15, -0.1) is 0 Å². The Labute approximate surface area is 118 Å². The van der Waals surface area contributed by atoms with E-state index in [1.165, 1.54) is 17.5 Å². The SMILES string of the molecule is CCN(CCCN(C)C)Cc1ccccc1CCN. The van der Waals surface area contributed by atoms with E-state index in [9.17, 15) is 0 Å². The lowest BCUT2D eigenvalue weighted by Crippen LogP contribution is -2.27. The maximum atomic E-state index is 5.69. The fourth-order valence-electron chi connectivity index (χ4n) is 2.31. The Bertz CT molecular complexity index is 350. The predicted molar refractivity (Wildman–Crippen MR) is 83.3 cm³/mol. The van der Waals surface area contributed by atoms with E-state index in [1.54, 1.807) is 0 Å². The molecular formula is C16H29N3. The fourth-order valence-corrected chi connectivity index (χ4v) is 2.31. The molecule has 0 atom stereocenters. The van der Waals surface area contributed by atoms with Crippen LogP contribution in [0.2, 0.25) is 0 Å². The molecule has 3 nitrogen and oxygen atoms in total. The van der Waals surface area contributed by atoms with Crippen LogP contribution in [-0.4, -0.2) is 50.1 Å². The molecule has 1 aromatic rings. The Balaban J connectivity index is 2.54. The highest BCUT2D eigenvalue weighted by Gasteiger charge is 2.07. The van der Waals surface area contributed by atoms with E-state index in [0.29, 0.717) is 0 Å². The second-order valence-corrected chi connectivity index (χ2v) is 5.33. The molecule has 0 bridgehead atoms. The zero-order chi connectivity index (χ0) is 14.1. The van der Waals surface area contributed by atoms with Gasteiger partial charge in [-0.05, 0) is 64.2 Å². The van der Waals surface area contributed by atoms with Crippen LogP contribution in [0.25, 0.3) is 0 Å². The quantitative estimate of drug-likeness (QED) is 0.739. The summed E-state index contributed by atoms with van der Waals surface area (Å²) >= 11 is 0. The summed E-state index contributed by atoms with van der Waals surface area (Å²) in [4.78, 5) is 4.76. The maximum Gasteiger partial charge on any atom is 0.0236 e. The van der Waals surface area contributed by atoms with Gasteiger partial charge >= 0.3 is 0 Å². The third kappa shape index (κ3) is 6.19. The average molecular weight is 263 g/mol. The number of hydrogen-bond acceptors (Lipinski definition) is 3. The first-order valence-electron chi connectivity index (χ1n) is 7.31. The third-order valence-electron chi connectivity index (χ3n) is 3.45. The molecule has 0 fully saturated rings. The Morgan fingerprint density at radius 2 is 1.74 bits per heavy atom. The number of nitrogens with zero attached hydrogens (tertiary/aromatic N) is 2. The molecular weight excluding hydrogens is 234 g/mol. The summed E-state index contributed by atoms with van der Waals surface area (Å²) in [5, 5.41) is 0. The van der Waals surface area contributed by atoms with E-state index in [4.69, 9.17) is 5.73 Å². The van der Waals surface area contributed by atoms with Gasteiger partial charge in [0.05, 0.1) is 0 Å². The summed E-state index contributed by atoms with van der Waals surface area (Å²) in [6.07, 6.45) is 2.20. The summed E-state index contributed by atoms with van der Waals surface area (Å²) in [6.45, 7) is 7.42. The van der Waals surface area contributed by atoms with Crippen LogP contribution in [0, 0.1) is 0 Å². The zero-order valence-corrected chi connectivity index (χ0v) is 12.7. The number of rotatable bonds is 9. The molecule has 0 aliphatic carbocycles. The van der Waals surface area contributed by atoms with Crippen LogP contribution in [0.4, 0.5) is 0 Å². The van der Waals surface area contributed by atoms with Gasteiger partial charge in [-0.2, -0.15) is 0 Å². The van der Waals surface area contributed by atoms with E-state index in [0.717, 1.165) is 39.1 Å². The number of benzene rings is 1. The second-order valence-electron chi connectivity index (χ2n) is 5.33. The van der Waals surface area contributed by atoms with Gasteiger partial charge in [0.15, 0.2) is 0 Å². The first kappa shape index (κ1) is 16.2. The summed E-state index contributed by atoms with van der Waals surface area (Å²) in [6, 6.07) is 8.68. The zero-order valence-electron chi connectivity index (χ0n) is 12.7. The van der Waals surface area contributed by atoms with Crippen LogP contribution in [0.1, 0.15) is 24.5 Å². The molecule has 1 rings (SSSR count).